The highest BCUT2D eigenvalue weighted by molar-refractivity contribution is 5.78. The van der Waals surface area contributed by atoms with Crippen LogP contribution < -0.4 is 5.73 Å². The first-order valence-corrected chi connectivity index (χ1v) is 6.79. The van der Waals surface area contributed by atoms with Crippen LogP contribution in [0.4, 0.5) is 18.9 Å². The molecule has 0 atom stereocenters. The summed E-state index contributed by atoms with van der Waals surface area (Å²) in [4.78, 5) is 8.85. The number of aromatic amines is 1. The van der Waals surface area contributed by atoms with Gasteiger partial charge in [0.2, 0.25) is 0 Å². The quantitative estimate of drug-likeness (QED) is 0.835. The molecule has 0 aliphatic rings. The number of benzene rings is 1. The molecule has 0 amide bonds. The molecule has 1 aromatic heterocycles. The third-order valence-electron chi connectivity index (χ3n) is 3.30. The fourth-order valence-electron chi connectivity index (χ4n) is 2.20. The number of rotatable bonds is 5. The van der Waals surface area contributed by atoms with E-state index in [9.17, 15) is 13.2 Å². The zero-order chi connectivity index (χ0) is 15.6. The Labute approximate surface area is 121 Å². The molecule has 21 heavy (non-hydrogen) atoms. The highest BCUT2D eigenvalue weighted by atomic mass is 19.4. The molecule has 0 aliphatic carbocycles. The van der Waals surface area contributed by atoms with Gasteiger partial charge in [0.1, 0.15) is 5.82 Å². The Bertz CT molecular complexity index is 604. The number of nitrogens with one attached hydrogen (secondary N) is 1. The smallest absolute Gasteiger partial charge is 0.399 e. The zero-order valence-electron chi connectivity index (χ0n) is 12.0. The Morgan fingerprint density at radius 1 is 1.33 bits per heavy atom. The molecule has 2 aromatic rings. The van der Waals surface area contributed by atoms with Crippen molar-refractivity contribution in [1.82, 2.24) is 14.9 Å². The molecule has 0 spiro atoms. The van der Waals surface area contributed by atoms with E-state index in [-0.39, 0.29) is 6.04 Å². The summed E-state index contributed by atoms with van der Waals surface area (Å²) < 4.78 is 37.6. The topological polar surface area (TPSA) is 57.9 Å². The largest absolute Gasteiger partial charge is 0.401 e. The van der Waals surface area contributed by atoms with Crippen molar-refractivity contribution in [2.45, 2.75) is 32.5 Å². The van der Waals surface area contributed by atoms with Crippen LogP contribution in [0.25, 0.3) is 11.0 Å². The van der Waals surface area contributed by atoms with E-state index in [1.165, 1.54) is 4.90 Å². The van der Waals surface area contributed by atoms with Crippen LogP contribution in [0.15, 0.2) is 18.2 Å². The fourth-order valence-corrected chi connectivity index (χ4v) is 2.20. The van der Waals surface area contributed by atoms with Gasteiger partial charge in [0.25, 0.3) is 0 Å². The maximum Gasteiger partial charge on any atom is 0.401 e. The molecule has 2 rings (SSSR count). The molecule has 4 nitrogen and oxygen atoms in total. The summed E-state index contributed by atoms with van der Waals surface area (Å²) in [6, 6.07) is 5.13. The number of aromatic nitrogens is 2. The highest BCUT2D eigenvalue weighted by Gasteiger charge is 2.31. The van der Waals surface area contributed by atoms with E-state index >= 15 is 0 Å². The molecule has 0 fully saturated rings. The van der Waals surface area contributed by atoms with Gasteiger partial charge in [-0.05, 0) is 32.0 Å². The van der Waals surface area contributed by atoms with Gasteiger partial charge in [0.05, 0.1) is 17.6 Å². The molecule has 0 unspecified atom stereocenters. The summed E-state index contributed by atoms with van der Waals surface area (Å²) in [5, 5.41) is 0. The van der Waals surface area contributed by atoms with Crippen molar-refractivity contribution in [2.24, 2.45) is 0 Å². The molecule has 1 aromatic carbocycles. The van der Waals surface area contributed by atoms with Crippen LogP contribution in [0.1, 0.15) is 19.7 Å². The average Bonchev–Trinajstić information content (AvgIpc) is 2.74. The molecule has 0 saturated carbocycles. The minimum Gasteiger partial charge on any atom is -0.399 e. The van der Waals surface area contributed by atoms with Crippen LogP contribution >= 0.6 is 0 Å². The van der Waals surface area contributed by atoms with E-state index in [2.05, 4.69) is 9.97 Å². The maximum atomic E-state index is 12.5. The van der Waals surface area contributed by atoms with Crippen LogP contribution in [0.2, 0.25) is 0 Å². The van der Waals surface area contributed by atoms with E-state index in [0.29, 0.717) is 24.5 Å². The lowest BCUT2D eigenvalue weighted by Gasteiger charge is -2.26. The number of anilines is 1. The predicted molar refractivity (Wildman–Crippen MR) is 77.0 cm³/mol. The minimum absolute atomic E-state index is 0.174. The number of alkyl halides is 3. The first-order chi connectivity index (χ1) is 9.74. The fraction of sp³-hybridized carbons (Fsp3) is 0.500. The van der Waals surface area contributed by atoms with Gasteiger partial charge in [0.15, 0.2) is 0 Å². The molecule has 1 heterocycles. The van der Waals surface area contributed by atoms with Gasteiger partial charge < -0.3 is 10.7 Å². The number of imidazole rings is 1. The van der Waals surface area contributed by atoms with Gasteiger partial charge in [-0.15, -0.1) is 0 Å². The summed E-state index contributed by atoms with van der Waals surface area (Å²) in [6.45, 7) is 2.90. The van der Waals surface area contributed by atoms with Crippen molar-refractivity contribution >= 4 is 16.7 Å². The van der Waals surface area contributed by atoms with Crippen molar-refractivity contribution in [1.29, 1.82) is 0 Å². The zero-order valence-corrected chi connectivity index (χ0v) is 12.0. The molecular formula is C14H19F3N4. The second-order valence-corrected chi connectivity index (χ2v) is 5.39. The van der Waals surface area contributed by atoms with Gasteiger partial charge in [-0.3, -0.25) is 4.90 Å². The molecule has 0 saturated heterocycles. The van der Waals surface area contributed by atoms with Crippen LogP contribution in [-0.2, 0) is 6.42 Å². The van der Waals surface area contributed by atoms with Crippen LogP contribution in [0, 0.1) is 0 Å². The second kappa shape index (κ2) is 5.93. The molecule has 0 radical (unpaired) electrons. The van der Waals surface area contributed by atoms with Crippen LogP contribution in [-0.4, -0.2) is 40.2 Å². The lowest BCUT2D eigenvalue weighted by Crippen LogP contribution is -2.40. The minimum atomic E-state index is -4.19. The van der Waals surface area contributed by atoms with E-state index in [1.54, 1.807) is 32.0 Å². The number of nitrogens with two attached hydrogens (primary N) is 1. The normalized spacial score (nSPS) is 12.7. The number of nitrogen functional groups attached to an aromatic ring is 1. The van der Waals surface area contributed by atoms with Crippen molar-refractivity contribution < 1.29 is 13.2 Å². The summed E-state index contributed by atoms with van der Waals surface area (Å²) in [7, 11) is 0. The third kappa shape index (κ3) is 4.35. The Morgan fingerprint density at radius 3 is 2.67 bits per heavy atom. The SMILES string of the molecule is CC(C)N(CCc1nc2ccc(N)cc2[nH]1)CC(F)(F)F. The lowest BCUT2D eigenvalue weighted by molar-refractivity contribution is -0.149. The number of fused-ring (bicyclic) bond motifs is 1. The van der Waals surface area contributed by atoms with E-state index < -0.39 is 12.7 Å². The van der Waals surface area contributed by atoms with Gasteiger partial charge >= 0.3 is 6.18 Å². The molecule has 7 heteroatoms. The third-order valence-corrected chi connectivity index (χ3v) is 3.30. The van der Waals surface area contributed by atoms with E-state index in [1.807, 2.05) is 0 Å². The first-order valence-electron chi connectivity index (χ1n) is 6.79. The molecule has 0 bridgehead atoms. The monoisotopic (exact) mass is 300 g/mol. The number of halogens is 3. The van der Waals surface area contributed by atoms with Gasteiger partial charge in [-0.1, -0.05) is 0 Å². The van der Waals surface area contributed by atoms with Gasteiger partial charge in [0, 0.05) is 24.7 Å². The van der Waals surface area contributed by atoms with Crippen molar-refractivity contribution in [3.8, 4) is 0 Å². The number of H-pyrrole nitrogens is 1. The van der Waals surface area contributed by atoms with Crippen molar-refractivity contribution in [3.05, 3.63) is 24.0 Å². The maximum absolute atomic E-state index is 12.5. The summed E-state index contributed by atoms with van der Waals surface area (Å²) in [5.74, 6) is 0.670. The average molecular weight is 300 g/mol. The molecule has 0 aliphatic heterocycles. The summed E-state index contributed by atoms with van der Waals surface area (Å²) in [5.41, 5.74) is 7.88. The highest BCUT2D eigenvalue weighted by Crippen LogP contribution is 2.19. The number of hydrogen-bond acceptors (Lipinski definition) is 3. The van der Waals surface area contributed by atoms with Crippen LogP contribution in [0.5, 0.6) is 0 Å². The summed E-state index contributed by atoms with van der Waals surface area (Å²) in [6.07, 6.45) is -3.75. The number of nitrogens with zero attached hydrogens (tertiary/aromatic N) is 2. The van der Waals surface area contributed by atoms with Gasteiger partial charge in [-0.25, -0.2) is 4.98 Å². The predicted octanol–water partition coefficient (Wildman–Crippen LogP) is 2.96. The lowest BCUT2D eigenvalue weighted by atomic mass is 10.2. The molecule has 116 valence electrons. The standard InChI is InChI=1S/C14H19F3N4/c1-9(2)21(8-14(15,16)17)6-5-13-19-11-4-3-10(18)7-12(11)20-13/h3-4,7,9H,5-6,8,18H2,1-2H3,(H,19,20). The Kier molecular flexibility index (Phi) is 4.41. The second-order valence-electron chi connectivity index (χ2n) is 5.39. The Hall–Kier alpha value is -1.76. The van der Waals surface area contributed by atoms with Crippen molar-refractivity contribution in [2.75, 3.05) is 18.8 Å². The van der Waals surface area contributed by atoms with Crippen molar-refractivity contribution in [3.63, 3.8) is 0 Å². The van der Waals surface area contributed by atoms with Gasteiger partial charge in [-0.2, -0.15) is 13.2 Å². The first kappa shape index (κ1) is 15.6. The number of hydrogen-bond donors (Lipinski definition) is 2. The molecular weight excluding hydrogens is 281 g/mol. The van der Waals surface area contributed by atoms with Crippen LogP contribution in [0.3, 0.4) is 0 Å². The summed E-state index contributed by atoms with van der Waals surface area (Å²) >= 11 is 0. The molecule has 3 N–H and O–H groups in total. The van der Waals surface area contributed by atoms with E-state index in [4.69, 9.17) is 5.73 Å². The van der Waals surface area contributed by atoms with E-state index in [0.717, 1.165) is 11.0 Å². The Balaban J connectivity index is 2.05. The Morgan fingerprint density at radius 2 is 2.05 bits per heavy atom.